The van der Waals surface area contributed by atoms with Crippen molar-refractivity contribution < 1.29 is 27.9 Å². The third-order valence-electron chi connectivity index (χ3n) is 5.39. The molecule has 1 unspecified atom stereocenters. The van der Waals surface area contributed by atoms with E-state index in [1.165, 1.54) is 12.1 Å². The van der Waals surface area contributed by atoms with Gasteiger partial charge in [-0.1, -0.05) is 30.3 Å². The molecular weight excluding hydrogens is 375 g/mol. The molecule has 0 saturated carbocycles. The van der Waals surface area contributed by atoms with E-state index in [1.54, 1.807) is 26.0 Å². The van der Waals surface area contributed by atoms with E-state index in [9.17, 15) is 14.0 Å². The van der Waals surface area contributed by atoms with E-state index in [4.69, 9.17) is 13.9 Å². The fourth-order valence-electron chi connectivity index (χ4n) is 4.29. The van der Waals surface area contributed by atoms with Crippen LogP contribution in [0.1, 0.15) is 36.7 Å². The first-order chi connectivity index (χ1) is 14.0. The molecule has 1 heterocycles. The van der Waals surface area contributed by atoms with Crippen molar-refractivity contribution in [3.05, 3.63) is 71.2 Å². The quantitative estimate of drug-likeness (QED) is 0.473. The molecule has 29 heavy (non-hydrogen) atoms. The molecule has 1 aliphatic rings. The van der Waals surface area contributed by atoms with Gasteiger partial charge < -0.3 is 13.9 Å². The summed E-state index contributed by atoms with van der Waals surface area (Å²) in [6, 6.07) is 13.3. The normalized spacial score (nSPS) is 17.1. The highest BCUT2D eigenvalue weighted by atomic mass is 19.1. The zero-order valence-electron chi connectivity index (χ0n) is 16.2. The van der Waals surface area contributed by atoms with Crippen LogP contribution in [0.15, 0.2) is 52.9 Å². The maximum atomic E-state index is 14.1. The standard InChI is InChI=1S/C23H21FO5/c1-3-27-21(25)23(22(26)28-4-2)13-18-19(16-10-5-6-11-17(16)29-18)20(23)14-8-7-9-15(24)12-14/h5-12,20H,3-4,13H2,1-2H3. The van der Waals surface area contributed by atoms with Crippen molar-refractivity contribution in [2.75, 3.05) is 13.2 Å². The lowest BCUT2D eigenvalue weighted by Gasteiger charge is -2.31. The van der Waals surface area contributed by atoms with Gasteiger partial charge in [0.15, 0.2) is 5.41 Å². The lowest BCUT2D eigenvalue weighted by atomic mass is 9.72. The van der Waals surface area contributed by atoms with Crippen LogP contribution in [0.4, 0.5) is 4.39 Å². The molecule has 0 radical (unpaired) electrons. The van der Waals surface area contributed by atoms with Crippen LogP contribution < -0.4 is 0 Å². The van der Waals surface area contributed by atoms with Crippen LogP contribution >= 0.6 is 0 Å². The topological polar surface area (TPSA) is 65.7 Å². The SMILES string of the molecule is CCOC(=O)C1(C(=O)OCC)Cc2oc3ccccc3c2C1c1cccc(F)c1. The maximum absolute atomic E-state index is 14.1. The van der Waals surface area contributed by atoms with Crippen molar-refractivity contribution >= 4 is 22.9 Å². The highest BCUT2D eigenvalue weighted by Crippen LogP contribution is 2.55. The van der Waals surface area contributed by atoms with Gasteiger partial charge in [0.2, 0.25) is 0 Å². The summed E-state index contributed by atoms with van der Waals surface area (Å²) in [6.45, 7) is 3.57. The number of carbonyl (C=O) groups excluding carboxylic acids is 2. The van der Waals surface area contributed by atoms with Crippen LogP contribution in [-0.2, 0) is 25.5 Å². The first-order valence-electron chi connectivity index (χ1n) is 9.63. The van der Waals surface area contributed by atoms with Gasteiger partial charge in [-0.2, -0.15) is 0 Å². The van der Waals surface area contributed by atoms with Crippen LogP contribution in [0, 0.1) is 11.2 Å². The average Bonchev–Trinajstić information content (AvgIpc) is 3.22. The van der Waals surface area contributed by atoms with Crippen LogP contribution in [0.3, 0.4) is 0 Å². The molecule has 150 valence electrons. The van der Waals surface area contributed by atoms with Gasteiger partial charge in [-0.25, -0.2) is 4.39 Å². The molecule has 1 aliphatic carbocycles. The van der Waals surface area contributed by atoms with Gasteiger partial charge in [0.05, 0.1) is 13.2 Å². The molecule has 3 aromatic rings. The summed E-state index contributed by atoms with van der Waals surface area (Å²) in [6.07, 6.45) is -0.00411. The Hall–Kier alpha value is -3.15. The van der Waals surface area contributed by atoms with Crippen molar-refractivity contribution in [1.82, 2.24) is 0 Å². The predicted octanol–water partition coefficient (Wildman–Crippen LogP) is 4.37. The molecule has 1 aromatic heterocycles. The summed E-state index contributed by atoms with van der Waals surface area (Å²) in [4.78, 5) is 26.4. The molecule has 2 aromatic carbocycles. The van der Waals surface area contributed by atoms with Crippen molar-refractivity contribution in [2.24, 2.45) is 5.41 Å². The number of fused-ring (bicyclic) bond motifs is 3. The summed E-state index contributed by atoms with van der Waals surface area (Å²) in [5.41, 5.74) is 0.182. The Balaban J connectivity index is 2.01. The predicted molar refractivity (Wildman–Crippen MR) is 104 cm³/mol. The van der Waals surface area contributed by atoms with Crippen LogP contribution in [0.2, 0.25) is 0 Å². The lowest BCUT2D eigenvalue weighted by molar-refractivity contribution is -0.172. The highest BCUT2D eigenvalue weighted by Gasteiger charge is 2.62. The molecule has 0 amide bonds. The van der Waals surface area contributed by atoms with Gasteiger partial charge >= 0.3 is 11.9 Å². The second-order valence-electron chi connectivity index (χ2n) is 7.01. The summed E-state index contributed by atoms with van der Waals surface area (Å²) >= 11 is 0. The average molecular weight is 396 g/mol. The summed E-state index contributed by atoms with van der Waals surface area (Å²) < 4.78 is 30.8. The molecule has 0 fully saturated rings. The molecule has 1 atom stereocenters. The fraction of sp³-hybridized carbons (Fsp3) is 0.304. The number of para-hydroxylation sites is 1. The maximum Gasteiger partial charge on any atom is 0.324 e. The van der Waals surface area contributed by atoms with Crippen LogP contribution in [-0.4, -0.2) is 25.2 Å². The first kappa shape index (κ1) is 19.2. The van der Waals surface area contributed by atoms with Crippen molar-refractivity contribution in [3.63, 3.8) is 0 Å². The minimum atomic E-state index is -1.67. The molecular formula is C23H21FO5. The van der Waals surface area contributed by atoms with Crippen molar-refractivity contribution in [3.8, 4) is 0 Å². The third-order valence-corrected chi connectivity index (χ3v) is 5.39. The molecule has 0 spiro atoms. The number of rotatable bonds is 5. The molecule has 0 saturated heterocycles. The highest BCUT2D eigenvalue weighted by molar-refractivity contribution is 6.04. The van der Waals surface area contributed by atoms with E-state index < -0.39 is 29.1 Å². The smallest absolute Gasteiger partial charge is 0.324 e. The van der Waals surface area contributed by atoms with E-state index in [-0.39, 0.29) is 19.6 Å². The zero-order valence-corrected chi connectivity index (χ0v) is 16.2. The zero-order chi connectivity index (χ0) is 20.6. The fourth-order valence-corrected chi connectivity index (χ4v) is 4.29. The monoisotopic (exact) mass is 396 g/mol. The number of furan rings is 1. The second kappa shape index (κ2) is 7.35. The number of esters is 2. The van der Waals surface area contributed by atoms with Crippen LogP contribution in [0.5, 0.6) is 0 Å². The van der Waals surface area contributed by atoms with Gasteiger partial charge in [0.25, 0.3) is 0 Å². The minimum absolute atomic E-state index is 0.00411. The van der Waals surface area contributed by atoms with E-state index in [0.29, 0.717) is 22.5 Å². The van der Waals surface area contributed by atoms with Gasteiger partial charge in [0, 0.05) is 23.3 Å². The molecule has 0 N–H and O–H groups in total. The van der Waals surface area contributed by atoms with Crippen molar-refractivity contribution in [1.29, 1.82) is 0 Å². The van der Waals surface area contributed by atoms with Gasteiger partial charge in [0.1, 0.15) is 17.2 Å². The second-order valence-corrected chi connectivity index (χ2v) is 7.01. The molecule has 6 heteroatoms. The van der Waals surface area contributed by atoms with Gasteiger partial charge in [-0.15, -0.1) is 0 Å². The number of hydrogen-bond acceptors (Lipinski definition) is 5. The summed E-state index contributed by atoms with van der Waals surface area (Å²) in [5, 5.41) is 0.784. The van der Waals surface area contributed by atoms with Crippen molar-refractivity contribution in [2.45, 2.75) is 26.2 Å². The molecule has 5 nitrogen and oxygen atoms in total. The Morgan fingerprint density at radius 3 is 2.41 bits per heavy atom. The first-order valence-corrected chi connectivity index (χ1v) is 9.63. The number of carbonyl (C=O) groups is 2. The minimum Gasteiger partial charge on any atom is -0.465 e. The summed E-state index contributed by atoms with van der Waals surface area (Å²) in [5.74, 6) is -2.10. The Morgan fingerprint density at radius 2 is 1.76 bits per heavy atom. The summed E-state index contributed by atoms with van der Waals surface area (Å²) in [7, 11) is 0. The Labute approximate surface area is 167 Å². The molecule has 0 bridgehead atoms. The number of halogens is 1. The number of benzene rings is 2. The van der Waals surface area contributed by atoms with Gasteiger partial charge in [-0.05, 0) is 37.6 Å². The molecule has 0 aliphatic heterocycles. The third kappa shape index (κ3) is 2.90. The number of ether oxygens (including phenoxy) is 2. The largest absolute Gasteiger partial charge is 0.465 e. The molecule has 4 rings (SSSR count). The number of hydrogen-bond donors (Lipinski definition) is 0. The Kier molecular flexibility index (Phi) is 4.86. The lowest BCUT2D eigenvalue weighted by Crippen LogP contribution is -2.46. The van der Waals surface area contributed by atoms with Crippen LogP contribution in [0.25, 0.3) is 11.0 Å². The Morgan fingerprint density at radius 1 is 1.07 bits per heavy atom. The van der Waals surface area contributed by atoms with E-state index >= 15 is 0 Å². The van der Waals surface area contributed by atoms with E-state index in [1.807, 2.05) is 24.3 Å². The van der Waals surface area contributed by atoms with E-state index in [0.717, 1.165) is 5.39 Å². The van der Waals surface area contributed by atoms with Gasteiger partial charge in [-0.3, -0.25) is 9.59 Å². The van der Waals surface area contributed by atoms with E-state index in [2.05, 4.69) is 0 Å². The Bertz CT molecular complexity index is 1070.